The third kappa shape index (κ3) is 3.31. The number of carbonyl (C=O) groups is 1. The van der Waals surface area contributed by atoms with Gasteiger partial charge in [-0.05, 0) is 65.9 Å². The van der Waals surface area contributed by atoms with E-state index < -0.39 is 0 Å². The molecule has 2 aromatic heterocycles. The minimum atomic E-state index is -0.194. The molecule has 3 aromatic rings. The number of amides is 1. The molecule has 1 aliphatic heterocycles. The maximum absolute atomic E-state index is 13.1. The lowest BCUT2D eigenvalue weighted by Gasteiger charge is -2.22. The summed E-state index contributed by atoms with van der Waals surface area (Å²) < 4.78 is 12.9. The molecule has 0 unspecified atom stereocenters. The number of benzene rings is 1. The van der Waals surface area contributed by atoms with Crippen molar-refractivity contribution in [3.05, 3.63) is 45.8 Å². The van der Waals surface area contributed by atoms with E-state index in [0.29, 0.717) is 22.1 Å². The number of carbonyl (C=O) groups excluding carboxylic acids is 1. The summed E-state index contributed by atoms with van der Waals surface area (Å²) in [6, 6.07) is 7.56. The Kier molecular flexibility index (Phi) is 4.86. The number of thiazole rings is 1. The molecule has 3 heterocycles. The van der Waals surface area contributed by atoms with Crippen LogP contribution in [-0.2, 0) is 4.74 Å². The van der Waals surface area contributed by atoms with E-state index in [1.165, 1.54) is 5.56 Å². The third-order valence-corrected chi connectivity index (χ3v) is 6.24. The van der Waals surface area contributed by atoms with Crippen molar-refractivity contribution in [3.63, 3.8) is 0 Å². The van der Waals surface area contributed by atoms with Crippen molar-refractivity contribution in [2.24, 2.45) is 0 Å². The molecule has 136 valence electrons. The van der Waals surface area contributed by atoms with Crippen molar-refractivity contribution in [2.45, 2.75) is 32.8 Å². The number of anilines is 1. The molecule has 1 fully saturated rings. The molecule has 1 aliphatic rings. The number of ether oxygens (including phenoxy) is 1. The first kappa shape index (κ1) is 17.7. The summed E-state index contributed by atoms with van der Waals surface area (Å²) >= 11 is 4.81. The molecule has 0 radical (unpaired) electrons. The summed E-state index contributed by atoms with van der Waals surface area (Å²) in [5.74, 6) is 0.100. The van der Waals surface area contributed by atoms with Crippen LogP contribution in [0.1, 0.15) is 34.5 Å². The number of furan rings is 1. The molecule has 0 saturated carbocycles. The molecule has 4 rings (SSSR count). The van der Waals surface area contributed by atoms with E-state index in [1.807, 2.05) is 6.92 Å². The average molecular weight is 435 g/mol. The molecule has 5 nitrogen and oxygen atoms in total. The number of aromatic nitrogens is 1. The van der Waals surface area contributed by atoms with Gasteiger partial charge in [-0.3, -0.25) is 9.69 Å². The fourth-order valence-corrected chi connectivity index (χ4v) is 4.59. The van der Waals surface area contributed by atoms with Gasteiger partial charge in [0.15, 0.2) is 15.6 Å². The van der Waals surface area contributed by atoms with Crippen LogP contribution in [0.4, 0.5) is 5.13 Å². The minimum absolute atomic E-state index is 0.0339. The summed E-state index contributed by atoms with van der Waals surface area (Å²) in [6.45, 7) is 5.34. The Balaban J connectivity index is 1.75. The summed E-state index contributed by atoms with van der Waals surface area (Å²) in [5, 5.41) is 0.686. The molecule has 26 heavy (non-hydrogen) atoms. The molecule has 0 spiro atoms. The fourth-order valence-electron chi connectivity index (χ4n) is 3.17. The van der Waals surface area contributed by atoms with Crippen LogP contribution < -0.4 is 4.90 Å². The Bertz CT molecular complexity index is 920. The van der Waals surface area contributed by atoms with Crippen LogP contribution in [0.3, 0.4) is 0 Å². The molecule has 1 aromatic carbocycles. The van der Waals surface area contributed by atoms with E-state index in [1.54, 1.807) is 28.4 Å². The van der Waals surface area contributed by atoms with E-state index in [4.69, 9.17) is 14.1 Å². The van der Waals surface area contributed by atoms with E-state index >= 15 is 0 Å². The maximum atomic E-state index is 13.1. The first-order valence-electron chi connectivity index (χ1n) is 8.58. The zero-order valence-electron chi connectivity index (χ0n) is 14.6. The lowest BCUT2D eigenvalue weighted by atomic mass is 10.1. The van der Waals surface area contributed by atoms with Crippen molar-refractivity contribution < 1.29 is 13.9 Å². The van der Waals surface area contributed by atoms with Gasteiger partial charge < -0.3 is 9.15 Å². The molecular formula is C19H19BrN2O3S. The zero-order chi connectivity index (χ0) is 18.3. The van der Waals surface area contributed by atoms with Crippen LogP contribution >= 0.6 is 27.3 Å². The first-order chi connectivity index (χ1) is 12.5. The average Bonchev–Trinajstić information content (AvgIpc) is 3.35. The van der Waals surface area contributed by atoms with E-state index in [9.17, 15) is 4.79 Å². The number of halogens is 1. The van der Waals surface area contributed by atoms with Crippen molar-refractivity contribution in [2.75, 3.05) is 18.1 Å². The number of aryl methyl sites for hydroxylation is 2. The molecule has 1 amide bonds. The fraction of sp³-hybridized carbons (Fsp3) is 0.368. The Morgan fingerprint density at radius 3 is 2.77 bits per heavy atom. The largest absolute Gasteiger partial charge is 0.444 e. The summed E-state index contributed by atoms with van der Waals surface area (Å²) in [6.07, 6.45) is 2.01. The van der Waals surface area contributed by atoms with Crippen LogP contribution in [0.15, 0.2) is 33.4 Å². The van der Waals surface area contributed by atoms with Crippen molar-refractivity contribution in [1.29, 1.82) is 0 Å². The highest BCUT2D eigenvalue weighted by molar-refractivity contribution is 9.10. The smallest absolute Gasteiger partial charge is 0.295 e. The number of hydrogen-bond donors (Lipinski definition) is 0. The highest BCUT2D eigenvalue weighted by atomic mass is 79.9. The quantitative estimate of drug-likeness (QED) is 0.573. The summed E-state index contributed by atoms with van der Waals surface area (Å²) in [4.78, 5) is 19.6. The minimum Gasteiger partial charge on any atom is -0.444 e. The third-order valence-electron chi connectivity index (χ3n) is 4.60. The molecule has 1 atom stereocenters. The van der Waals surface area contributed by atoms with E-state index in [-0.39, 0.29) is 12.0 Å². The Labute approximate surface area is 164 Å². The SMILES string of the molecule is Cc1ccc(C)c2sc(N(C[C@@H]3CCCO3)C(=O)c3ccc(Br)o3)nc12. The van der Waals surface area contributed by atoms with Crippen LogP contribution in [-0.4, -0.2) is 30.1 Å². The predicted molar refractivity (Wildman–Crippen MR) is 106 cm³/mol. The Morgan fingerprint density at radius 2 is 2.12 bits per heavy atom. The van der Waals surface area contributed by atoms with Crippen LogP contribution in [0.2, 0.25) is 0 Å². The highest BCUT2D eigenvalue weighted by Gasteiger charge is 2.29. The number of nitrogens with zero attached hydrogens (tertiary/aromatic N) is 2. The van der Waals surface area contributed by atoms with Gasteiger partial charge in [0.1, 0.15) is 0 Å². The predicted octanol–water partition coefficient (Wildman–Crippen LogP) is 5.09. The molecule has 0 aliphatic carbocycles. The molecular weight excluding hydrogens is 416 g/mol. The van der Waals surface area contributed by atoms with Crippen LogP contribution in [0.5, 0.6) is 0 Å². The topological polar surface area (TPSA) is 55.6 Å². The van der Waals surface area contributed by atoms with Gasteiger partial charge >= 0.3 is 0 Å². The molecule has 1 saturated heterocycles. The molecule has 0 N–H and O–H groups in total. The molecule has 0 bridgehead atoms. The number of hydrogen-bond acceptors (Lipinski definition) is 5. The van der Waals surface area contributed by atoms with E-state index in [0.717, 1.165) is 35.2 Å². The van der Waals surface area contributed by atoms with Gasteiger partial charge in [0, 0.05) is 6.61 Å². The second kappa shape index (κ2) is 7.13. The van der Waals surface area contributed by atoms with Gasteiger partial charge in [-0.1, -0.05) is 23.5 Å². The summed E-state index contributed by atoms with van der Waals surface area (Å²) in [7, 11) is 0. The maximum Gasteiger partial charge on any atom is 0.295 e. The van der Waals surface area contributed by atoms with Gasteiger partial charge in [0.25, 0.3) is 5.91 Å². The Morgan fingerprint density at radius 1 is 1.31 bits per heavy atom. The van der Waals surface area contributed by atoms with E-state index in [2.05, 4.69) is 35.0 Å². The van der Waals surface area contributed by atoms with Gasteiger partial charge in [0.05, 0.1) is 22.9 Å². The van der Waals surface area contributed by atoms with Crippen LogP contribution in [0, 0.1) is 13.8 Å². The lowest BCUT2D eigenvalue weighted by molar-refractivity contribution is 0.0894. The van der Waals surface area contributed by atoms with Crippen LogP contribution in [0.25, 0.3) is 10.2 Å². The zero-order valence-corrected chi connectivity index (χ0v) is 17.0. The second-order valence-electron chi connectivity index (χ2n) is 6.53. The first-order valence-corrected chi connectivity index (χ1v) is 10.2. The summed E-state index contributed by atoms with van der Waals surface area (Å²) in [5.41, 5.74) is 3.23. The monoisotopic (exact) mass is 434 g/mol. The van der Waals surface area contributed by atoms with Crippen molar-refractivity contribution in [3.8, 4) is 0 Å². The molecule has 7 heteroatoms. The normalized spacial score (nSPS) is 17.1. The van der Waals surface area contributed by atoms with Gasteiger partial charge in [-0.25, -0.2) is 4.98 Å². The van der Waals surface area contributed by atoms with Crippen molar-refractivity contribution >= 4 is 48.5 Å². The number of rotatable bonds is 4. The standard InChI is InChI=1S/C19H19BrN2O3S/c1-11-5-6-12(2)17-16(11)21-19(26-17)22(10-13-4-3-9-24-13)18(23)14-7-8-15(20)25-14/h5-8,13H,3-4,9-10H2,1-2H3/t13-/m0/s1. The Hall–Kier alpha value is -1.70. The number of fused-ring (bicyclic) bond motifs is 1. The van der Waals surface area contributed by atoms with Gasteiger partial charge in [0.2, 0.25) is 0 Å². The lowest BCUT2D eigenvalue weighted by Crippen LogP contribution is -2.37. The highest BCUT2D eigenvalue weighted by Crippen LogP contribution is 2.34. The second-order valence-corrected chi connectivity index (χ2v) is 8.29. The van der Waals surface area contributed by atoms with Gasteiger partial charge in [-0.2, -0.15) is 0 Å². The van der Waals surface area contributed by atoms with Gasteiger partial charge in [-0.15, -0.1) is 0 Å². The van der Waals surface area contributed by atoms with Crippen molar-refractivity contribution in [1.82, 2.24) is 4.98 Å².